The first kappa shape index (κ1) is 18.1. The molecule has 0 radical (unpaired) electrons. The lowest BCUT2D eigenvalue weighted by Gasteiger charge is -2.22. The molecule has 0 bridgehead atoms. The maximum Gasteiger partial charge on any atom is 0.309 e. The van der Waals surface area contributed by atoms with Gasteiger partial charge in [0.15, 0.2) is 0 Å². The van der Waals surface area contributed by atoms with Crippen molar-refractivity contribution in [1.29, 1.82) is 0 Å². The van der Waals surface area contributed by atoms with Crippen LogP contribution < -0.4 is 0 Å². The maximum absolute atomic E-state index is 11.7. The van der Waals surface area contributed by atoms with Crippen molar-refractivity contribution in [2.75, 3.05) is 7.11 Å². The Hall–Kier alpha value is -0.900. The number of carbonyl (C=O) groups is 2. The van der Waals surface area contributed by atoms with Crippen molar-refractivity contribution in [3.63, 3.8) is 0 Å². The van der Waals surface area contributed by atoms with Crippen LogP contribution in [0.2, 0.25) is 0 Å². The molecule has 0 atom stereocenters. The third kappa shape index (κ3) is 7.98. The van der Waals surface area contributed by atoms with Crippen LogP contribution in [-0.2, 0) is 14.3 Å². The highest BCUT2D eigenvalue weighted by Gasteiger charge is 2.26. The second kappa shape index (κ2) is 7.63. The van der Waals surface area contributed by atoms with Crippen molar-refractivity contribution >= 4 is 11.8 Å². The van der Waals surface area contributed by atoms with E-state index in [9.17, 15) is 9.59 Å². The van der Waals surface area contributed by atoms with Gasteiger partial charge in [0.25, 0.3) is 0 Å². The van der Waals surface area contributed by atoms with E-state index in [1.807, 2.05) is 13.8 Å². The number of carbonyl (C=O) groups excluding carboxylic acids is 1. The summed E-state index contributed by atoms with van der Waals surface area (Å²) in [6.07, 6.45) is 3.89. The van der Waals surface area contributed by atoms with E-state index >= 15 is 0 Å². The fourth-order valence-corrected chi connectivity index (χ4v) is 1.77. The molecule has 0 saturated heterocycles. The Balaban J connectivity index is 3.81. The number of ketones is 1. The van der Waals surface area contributed by atoms with Crippen LogP contribution in [-0.4, -0.2) is 29.6 Å². The Labute approximate surface area is 116 Å². The number of Topliss-reactive ketones (excluding diaryl/α,β-unsaturated/α-hetero) is 1. The molecule has 1 N–H and O–H groups in total. The maximum atomic E-state index is 11.7. The van der Waals surface area contributed by atoms with Crippen LogP contribution in [0, 0.1) is 5.41 Å². The molecular weight excluding hydrogens is 244 g/mol. The quantitative estimate of drug-likeness (QED) is 0.661. The third-order valence-corrected chi connectivity index (χ3v) is 3.62. The number of carboxylic acid groups (broad SMARTS) is 1. The molecule has 0 aliphatic rings. The zero-order valence-corrected chi connectivity index (χ0v) is 12.9. The van der Waals surface area contributed by atoms with Crippen molar-refractivity contribution in [1.82, 2.24) is 0 Å². The molecule has 0 heterocycles. The number of aliphatic carboxylic acids is 1. The Kier molecular flexibility index (Phi) is 7.27. The molecule has 19 heavy (non-hydrogen) atoms. The zero-order valence-electron chi connectivity index (χ0n) is 12.9. The summed E-state index contributed by atoms with van der Waals surface area (Å²) in [5, 5.41) is 8.97. The molecule has 4 nitrogen and oxygen atoms in total. The van der Waals surface area contributed by atoms with Crippen LogP contribution in [0.4, 0.5) is 0 Å². The first-order valence-corrected chi connectivity index (χ1v) is 6.91. The van der Waals surface area contributed by atoms with E-state index < -0.39 is 11.4 Å². The molecule has 0 rings (SSSR count). The molecule has 0 unspecified atom stereocenters. The molecule has 0 spiro atoms. The van der Waals surface area contributed by atoms with E-state index in [0.29, 0.717) is 25.7 Å². The van der Waals surface area contributed by atoms with Crippen molar-refractivity contribution in [2.24, 2.45) is 5.41 Å². The summed E-state index contributed by atoms with van der Waals surface area (Å²) >= 11 is 0. The van der Waals surface area contributed by atoms with Crippen LogP contribution >= 0.6 is 0 Å². The Morgan fingerprint density at radius 3 is 1.89 bits per heavy atom. The monoisotopic (exact) mass is 272 g/mol. The Morgan fingerprint density at radius 2 is 1.47 bits per heavy atom. The summed E-state index contributed by atoms with van der Waals surface area (Å²) in [6.45, 7) is 7.40. The Morgan fingerprint density at radius 1 is 1.00 bits per heavy atom. The fraction of sp³-hybridized carbons (Fsp3) is 0.867. The molecule has 0 saturated carbocycles. The molecule has 0 aromatic heterocycles. The molecule has 4 heteroatoms. The smallest absolute Gasteiger partial charge is 0.309 e. The summed E-state index contributed by atoms with van der Waals surface area (Å²) in [5.74, 6) is -0.588. The first-order chi connectivity index (χ1) is 8.60. The normalized spacial score (nSPS) is 12.5. The predicted octanol–water partition coefficient (Wildman–Crippen LogP) is 3.43. The third-order valence-electron chi connectivity index (χ3n) is 3.62. The van der Waals surface area contributed by atoms with Gasteiger partial charge in [-0.1, -0.05) is 0 Å². The summed E-state index contributed by atoms with van der Waals surface area (Å²) in [4.78, 5) is 22.6. The van der Waals surface area contributed by atoms with Crippen molar-refractivity contribution in [3.05, 3.63) is 0 Å². The number of rotatable bonds is 10. The number of carboxylic acids is 1. The van der Waals surface area contributed by atoms with E-state index in [2.05, 4.69) is 0 Å². The molecule has 0 aromatic carbocycles. The molecule has 0 amide bonds. The number of methoxy groups -OCH3 is 1. The van der Waals surface area contributed by atoms with Gasteiger partial charge in [-0.25, -0.2) is 0 Å². The van der Waals surface area contributed by atoms with Gasteiger partial charge in [-0.15, -0.1) is 0 Å². The summed E-state index contributed by atoms with van der Waals surface area (Å²) in [6, 6.07) is 0. The van der Waals surface area contributed by atoms with E-state index in [-0.39, 0.29) is 11.4 Å². The fourth-order valence-electron chi connectivity index (χ4n) is 1.77. The second-order valence-electron chi connectivity index (χ2n) is 6.40. The van der Waals surface area contributed by atoms with Gasteiger partial charge in [0.05, 0.1) is 11.0 Å². The van der Waals surface area contributed by atoms with Gasteiger partial charge in [-0.05, 0) is 53.4 Å². The summed E-state index contributed by atoms with van der Waals surface area (Å²) in [7, 11) is 1.68. The highest BCUT2D eigenvalue weighted by Crippen LogP contribution is 2.24. The highest BCUT2D eigenvalue weighted by molar-refractivity contribution is 5.78. The molecule has 0 aliphatic heterocycles. The van der Waals surface area contributed by atoms with Gasteiger partial charge in [0.2, 0.25) is 0 Å². The number of ether oxygens (including phenoxy) is 1. The minimum Gasteiger partial charge on any atom is -0.481 e. The minimum atomic E-state index is -0.804. The lowest BCUT2D eigenvalue weighted by molar-refractivity contribution is -0.147. The van der Waals surface area contributed by atoms with Gasteiger partial charge < -0.3 is 9.84 Å². The number of hydrogen-bond acceptors (Lipinski definition) is 3. The van der Waals surface area contributed by atoms with E-state index in [1.165, 1.54) is 0 Å². The average molecular weight is 272 g/mol. The largest absolute Gasteiger partial charge is 0.481 e. The standard InChI is InChI=1S/C15H28O4/c1-14(2,13(17)18)10-6-8-12(16)9-7-11-15(3,4)19-5/h6-11H2,1-5H3,(H,17,18). The molecule has 112 valence electrons. The topological polar surface area (TPSA) is 63.6 Å². The highest BCUT2D eigenvalue weighted by atomic mass is 16.5. The van der Waals surface area contributed by atoms with Crippen molar-refractivity contribution in [3.8, 4) is 0 Å². The molecule has 0 aromatic rings. The van der Waals surface area contributed by atoms with E-state index in [0.717, 1.165) is 12.8 Å². The lowest BCUT2D eigenvalue weighted by Crippen LogP contribution is -2.23. The average Bonchev–Trinajstić information content (AvgIpc) is 2.28. The minimum absolute atomic E-state index is 0.175. The second-order valence-corrected chi connectivity index (χ2v) is 6.40. The molecule has 0 aliphatic carbocycles. The summed E-state index contributed by atoms with van der Waals surface area (Å²) in [5.41, 5.74) is -0.913. The van der Waals surface area contributed by atoms with Crippen LogP contribution in [0.5, 0.6) is 0 Å². The van der Waals surface area contributed by atoms with Crippen LogP contribution in [0.25, 0.3) is 0 Å². The lowest BCUT2D eigenvalue weighted by atomic mass is 9.87. The summed E-state index contributed by atoms with van der Waals surface area (Å²) < 4.78 is 5.30. The van der Waals surface area contributed by atoms with Crippen LogP contribution in [0.3, 0.4) is 0 Å². The van der Waals surface area contributed by atoms with Crippen LogP contribution in [0.15, 0.2) is 0 Å². The van der Waals surface area contributed by atoms with Gasteiger partial charge >= 0.3 is 5.97 Å². The first-order valence-electron chi connectivity index (χ1n) is 6.91. The zero-order chi connectivity index (χ0) is 15.1. The van der Waals surface area contributed by atoms with E-state index in [4.69, 9.17) is 9.84 Å². The van der Waals surface area contributed by atoms with Crippen LogP contribution in [0.1, 0.15) is 66.2 Å². The Bertz CT molecular complexity index is 305. The van der Waals surface area contributed by atoms with Gasteiger partial charge in [-0.3, -0.25) is 9.59 Å². The predicted molar refractivity (Wildman–Crippen MR) is 75.2 cm³/mol. The van der Waals surface area contributed by atoms with Crippen molar-refractivity contribution in [2.45, 2.75) is 71.8 Å². The van der Waals surface area contributed by atoms with Gasteiger partial charge in [0, 0.05) is 20.0 Å². The van der Waals surface area contributed by atoms with E-state index in [1.54, 1.807) is 21.0 Å². The van der Waals surface area contributed by atoms with Crippen molar-refractivity contribution < 1.29 is 19.4 Å². The number of hydrogen-bond donors (Lipinski definition) is 1. The molecular formula is C15H28O4. The SMILES string of the molecule is COC(C)(C)CCCC(=O)CCCC(C)(C)C(=O)O. The molecule has 0 fully saturated rings. The van der Waals surface area contributed by atoms with Gasteiger partial charge in [-0.2, -0.15) is 0 Å². The van der Waals surface area contributed by atoms with Gasteiger partial charge in [0.1, 0.15) is 5.78 Å².